The van der Waals surface area contributed by atoms with Gasteiger partial charge in [-0.15, -0.1) is 0 Å². The molecule has 0 bridgehead atoms. The molecule has 1 N–H and O–H groups in total. The number of nitrogens with one attached hydrogen (secondary N) is 1. The van der Waals surface area contributed by atoms with Gasteiger partial charge in [-0.2, -0.15) is 0 Å². The van der Waals surface area contributed by atoms with Crippen molar-refractivity contribution in [3.05, 3.63) is 33.9 Å². The van der Waals surface area contributed by atoms with Crippen LogP contribution in [0.2, 0.25) is 0 Å². The number of ether oxygens (including phenoxy) is 1. The molecule has 0 aliphatic heterocycles. The summed E-state index contributed by atoms with van der Waals surface area (Å²) in [5, 5.41) is 14.3. The summed E-state index contributed by atoms with van der Waals surface area (Å²) in [7, 11) is 1.44. The molecule has 0 atom stereocenters. The zero-order valence-electron chi connectivity index (χ0n) is 11.8. The molecule has 0 spiro atoms. The second-order valence-corrected chi connectivity index (χ2v) is 4.58. The highest BCUT2D eigenvalue weighted by Crippen LogP contribution is 2.27. The van der Waals surface area contributed by atoms with E-state index in [1.807, 2.05) is 6.07 Å². The van der Waals surface area contributed by atoms with Crippen molar-refractivity contribution in [2.75, 3.05) is 13.7 Å². The summed E-state index contributed by atoms with van der Waals surface area (Å²) in [6.07, 6.45) is 2.29. The third-order valence-corrected chi connectivity index (χ3v) is 3.36. The van der Waals surface area contributed by atoms with Gasteiger partial charge < -0.3 is 10.1 Å². The van der Waals surface area contributed by atoms with Gasteiger partial charge in [0.2, 0.25) is 0 Å². The minimum absolute atomic E-state index is 0.0179. The molecule has 0 aromatic heterocycles. The molecular formula is C14H22N2O3. The minimum atomic E-state index is -0.413. The van der Waals surface area contributed by atoms with Crippen molar-refractivity contribution in [3.63, 3.8) is 0 Å². The van der Waals surface area contributed by atoms with Crippen LogP contribution in [0.25, 0.3) is 0 Å². The van der Waals surface area contributed by atoms with Crippen LogP contribution >= 0.6 is 0 Å². The number of nitro groups is 1. The molecule has 5 nitrogen and oxygen atoms in total. The van der Waals surface area contributed by atoms with E-state index in [1.54, 1.807) is 12.1 Å². The molecule has 0 fully saturated rings. The van der Waals surface area contributed by atoms with Crippen LogP contribution in [0.1, 0.15) is 32.3 Å². The molecule has 19 heavy (non-hydrogen) atoms. The number of hydrogen-bond donors (Lipinski definition) is 1. The quantitative estimate of drug-likeness (QED) is 0.580. The molecule has 0 amide bonds. The van der Waals surface area contributed by atoms with Crippen LogP contribution in [0, 0.1) is 16.0 Å². The Kier molecular flexibility index (Phi) is 6.29. The Morgan fingerprint density at radius 1 is 1.37 bits per heavy atom. The zero-order chi connectivity index (χ0) is 14.3. The fourth-order valence-corrected chi connectivity index (χ4v) is 1.99. The first kappa shape index (κ1) is 15.4. The molecule has 0 heterocycles. The molecule has 106 valence electrons. The van der Waals surface area contributed by atoms with Crippen molar-refractivity contribution in [2.45, 2.75) is 33.2 Å². The maximum atomic E-state index is 10.9. The van der Waals surface area contributed by atoms with Gasteiger partial charge in [-0.1, -0.05) is 32.8 Å². The lowest BCUT2D eigenvalue weighted by atomic mass is 10.0. The monoisotopic (exact) mass is 266 g/mol. The third-order valence-electron chi connectivity index (χ3n) is 3.36. The van der Waals surface area contributed by atoms with E-state index in [4.69, 9.17) is 4.74 Å². The van der Waals surface area contributed by atoms with Crippen LogP contribution in [-0.4, -0.2) is 18.6 Å². The number of methoxy groups -OCH3 is 1. The van der Waals surface area contributed by atoms with Gasteiger partial charge in [-0.25, -0.2) is 0 Å². The van der Waals surface area contributed by atoms with Crippen molar-refractivity contribution < 1.29 is 9.66 Å². The van der Waals surface area contributed by atoms with Gasteiger partial charge in [0.15, 0.2) is 5.75 Å². The van der Waals surface area contributed by atoms with Gasteiger partial charge in [-0.3, -0.25) is 10.1 Å². The van der Waals surface area contributed by atoms with Crippen LogP contribution in [0.5, 0.6) is 5.75 Å². The van der Waals surface area contributed by atoms with Crippen LogP contribution in [-0.2, 0) is 6.54 Å². The molecule has 0 saturated carbocycles. The molecule has 0 aliphatic carbocycles. The third kappa shape index (κ3) is 4.52. The van der Waals surface area contributed by atoms with Crippen LogP contribution in [0.15, 0.2) is 18.2 Å². The molecular weight excluding hydrogens is 244 g/mol. The van der Waals surface area contributed by atoms with E-state index in [9.17, 15) is 10.1 Å². The van der Waals surface area contributed by atoms with Crippen molar-refractivity contribution in [3.8, 4) is 5.75 Å². The molecule has 1 aromatic rings. The predicted molar refractivity (Wildman–Crippen MR) is 75.4 cm³/mol. The Morgan fingerprint density at radius 2 is 2.05 bits per heavy atom. The van der Waals surface area contributed by atoms with E-state index >= 15 is 0 Å². The molecule has 0 saturated heterocycles. The van der Waals surface area contributed by atoms with E-state index in [0.29, 0.717) is 18.2 Å². The largest absolute Gasteiger partial charge is 0.490 e. The number of benzene rings is 1. The minimum Gasteiger partial charge on any atom is -0.490 e. The Hall–Kier alpha value is -1.62. The van der Waals surface area contributed by atoms with E-state index in [-0.39, 0.29) is 5.69 Å². The SMILES string of the molecule is CCC(CC)CNCc1ccc(OC)c([N+](=O)[O-])c1. The Bertz CT molecular complexity index is 417. The first-order valence-electron chi connectivity index (χ1n) is 6.64. The molecule has 0 aliphatic rings. The summed E-state index contributed by atoms with van der Waals surface area (Å²) in [6.45, 7) is 5.93. The first-order chi connectivity index (χ1) is 9.12. The average Bonchev–Trinajstić information content (AvgIpc) is 2.43. The smallest absolute Gasteiger partial charge is 0.311 e. The van der Waals surface area contributed by atoms with Gasteiger partial charge in [0.05, 0.1) is 12.0 Å². The van der Waals surface area contributed by atoms with E-state index in [0.717, 1.165) is 24.9 Å². The summed E-state index contributed by atoms with van der Waals surface area (Å²) >= 11 is 0. The summed E-state index contributed by atoms with van der Waals surface area (Å²) in [5.41, 5.74) is 0.919. The average molecular weight is 266 g/mol. The highest BCUT2D eigenvalue weighted by molar-refractivity contribution is 5.48. The summed E-state index contributed by atoms with van der Waals surface area (Å²) in [4.78, 5) is 10.5. The lowest BCUT2D eigenvalue weighted by Crippen LogP contribution is -2.21. The maximum Gasteiger partial charge on any atom is 0.311 e. The molecule has 1 rings (SSSR count). The molecule has 0 unspecified atom stereocenters. The fourth-order valence-electron chi connectivity index (χ4n) is 1.99. The van der Waals surface area contributed by atoms with Crippen LogP contribution in [0.3, 0.4) is 0 Å². The maximum absolute atomic E-state index is 10.9. The number of nitro benzene ring substituents is 1. The van der Waals surface area contributed by atoms with E-state index < -0.39 is 4.92 Å². The van der Waals surface area contributed by atoms with Crippen molar-refractivity contribution >= 4 is 5.69 Å². The Morgan fingerprint density at radius 3 is 2.58 bits per heavy atom. The molecule has 1 aromatic carbocycles. The van der Waals surface area contributed by atoms with E-state index in [2.05, 4.69) is 19.2 Å². The summed E-state index contributed by atoms with van der Waals surface area (Å²) in [6, 6.07) is 5.07. The van der Waals surface area contributed by atoms with Gasteiger partial charge in [0.25, 0.3) is 0 Å². The standard InChI is InChI=1S/C14H22N2O3/c1-4-11(5-2)9-15-10-12-6-7-14(19-3)13(8-12)16(17)18/h6-8,11,15H,4-5,9-10H2,1-3H3. The van der Waals surface area contributed by atoms with Gasteiger partial charge >= 0.3 is 5.69 Å². The topological polar surface area (TPSA) is 64.4 Å². The lowest BCUT2D eigenvalue weighted by molar-refractivity contribution is -0.385. The Labute approximate surface area is 114 Å². The number of nitrogens with zero attached hydrogens (tertiary/aromatic N) is 1. The second-order valence-electron chi connectivity index (χ2n) is 4.58. The van der Waals surface area contributed by atoms with Crippen LogP contribution < -0.4 is 10.1 Å². The van der Waals surface area contributed by atoms with Crippen molar-refractivity contribution in [1.82, 2.24) is 5.32 Å². The fraction of sp³-hybridized carbons (Fsp3) is 0.571. The highest BCUT2D eigenvalue weighted by Gasteiger charge is 2.14. The van der Waals surface area contributed by atoms with E-state index in [1.165, 1.54) is 7.11 Å². The van der Waals surface area contributed by atoms with Crippen LogP contribution in [0.4, 0.5) is 5.69 Å². The molecule has 5 heteroatoms. The lowest BCUT2D eigenvalue weighted by Gasteiger charge is -2.13. The predicted octanol–water partition coefficient (Wildman–Crippen LogP) is 3.13. The molecule has 0 radical (unpaired) electrons. The second kappa shape index (κ2) is 7.74. The number of rotatable bonds is 8. The normalized spacial score (nSPS) is 10.7. The number of hydrogen-bond acceptors (Lipinski definition) is 4. The van der Waals surface area contributed by atoms with Crippen molar-refractivity contribution in [1.29, 1.82) is 0 Å². The Balaban J connectivity index is 2.64. The first-order valence-corrected chi connectivity index (χ1v) is 6.64. The zero-order valence-corrected chi connectivity index (χ0v) is 11.8. The summed E-state index contributed by atoms with van der Waals surface area (Å²) < 4.78 is 4.98. The van der Waals surface area contributed by atoms with Gasteiger partial charge in [0.1, 0.15) is 0 Å². The van der Waals surface area contributed by atoms with Gasteiger partial charge in [-0.05, 0) is 24.1 Å². The van der Waals surface area contributed by atoms with Gasteiger partial charge in [0, 0.05) is 12.6 Å². The van der Waals surface area contributed by atoms with Crippen molar-refractivity contribution in [2.24, 2.45) is 5.92 Å². The highest BCUT2D eigenvalue weighted by atomic mass is 16.6. The summed E-state index contributed by atoms with van der Waals surface area (Å²) in [5.74, 6) is 0.960.